The predicted molar refractivity (Wildman–Crippen MR) is 122 cm³/mol. The number of thioether (sulfide) groups is 1. The summed E-state index contributed by atoms with van der Waals surface area (Å²) in [5.74, 6) is 0.681. The molecule has 2 aromatic rings. The molecule has 3 atom stereocenters. The van der Waals surface area contributed by atoms with Crippen molar-refractivity contribution in [2.24, 2.45) is 5.92 Å². The molecule has 1 aliphatic carbocycles. The Labute approximate surface area is 179 Å². The molecule has 1 N–H and O–H groups in total. The Hall–Kier alpha value is -1.72. The Morgan fingerprint density at radius 1 is 1.11 bits per heavy atom. The maximum atomic E-state index is 13.4. The lowest BCUT2D eigenvalue weighted by Crippen LogP contribution is -2.48. The number of halogens is 1. The van der Waals surface area contributed by atoms with Gasteiger partial charge >= 0.3 is 0 Å². The third-order valence-corrected chi connectivity index (χ3v) is 7.18. The zero-order valence-corrected chi connectivity index (χ0v) is 18.4. The molecular formula is C23H25BrN2OS. The van der Waals surface area contributed by atoms with Crippen molar-refractivity contribution < 1.29 is 4.79 Å². The molecule has 1 saturated heterocycles. The standard InChI is InChI=1S/C23H25BrN2OS/c1-16-8-5-6-13-20(16)26-22(27)21(15-17-9-7-10-18(24)14-17)28-23(26)25-19-11-3-2-4-12-19/h2-4,7,9-12,14-16,20,23,25H,5-6,8,13H2,1H3/b21-15-/t16-,20+,23?/m0/s1. The third kappa shape index (κ3) is 4.31. The highest BCUT2D eigenvalue weighted by atomic mass is 79.9. The lowest BCUT2D eigenvalue weighted by molar-refractivity contribution is -0.129. The fourth-order valence-electron chi connectivity index (χ4n) is 4.12. The van der Waals surface area contributed by atoms with Crippen molar-refractivity contribution >= 4 is 45.4 Å². The van der Waals surface area contributed by atoms with E-state index in [0.717, 1.165) is 27.0 Å². The topological polar surface area (TPSA) is 32.3 Å². The van der Waals surface area contributed by atoms with Crippen LogP contribution in [0.3, 0.4) is 0 Å². The Bertz CT molecular complexity index is 870. The van der Waals surface area contributed by atoms with Gasteiger partial charge in [-0.1, -0.05) is 77.8 Å². The van der Waals surface area contributed by atoms with E-state index in [1.54, 1.807) is 11.8 Å². The fourth-order valence-corrected chi connectivity index (χ4v) is 5.74. The molecule has 2 fully saturated rings. The molecule has 1 aliphatic heterocycles. The van der Waals surface area contributed by atoms with E-state index in [9.17, 15) is 4.79 Å². The molecular weight excluding hydrogens is 432 g/mol. The number of hydrogen-bond donors (Lipinski definition) is 1. The van der Waals surface area contributed by atoms with Crippen molar-refractivity contribution in [3.05, 3.63) is 69.5 Å². The number of carbonyl (C=O) groups is 1. The third-order valence-electron chi connectivity index (χ3n) is 5.57. The molecule has 2 aromatic carbocycles. The van der Waals surface area contributed by atoms with Gasteiger partial charge in [-0.2, -0.15) is 0 Å². The summed E-state index contributed by atoms with van der Waals surface area (Å²) in [4.78, 5) is 16.3. The number of nitrogens with zero attached hydrogens (tertiary/aromatic N) is 1. The molecule has 0 bridgehead atoms. The second-order valence-electron chi connectivity index (χ2n) is 7.59. The smallest absolute Gasteiger partial charge is 0.262 e. The van der Waals surface area contributed by atoms with Gasteiger partial charge in [0.25, 0.3) is 5.91 Å². The summed E-state index contributed by atoms with van der Waals surface area (Å²) in [7, 11) is 0. The highest BCUT2D eigenvalue weighted by molar-refractivity contribution is 9.10. The molecule has 1 unspecified atom stereocenters. The van der Waals surface area contributed by atoms with Crippen LogP contribution in [0.2, 0.25) is 0 Å². The van der Waals surface area contributed by atoms with Gasteiger partial charge in [0.05, 0.1) is 4.91 Å². The van der Waals surface area contributed by atoms with Crippen LogP contribution in [0.1, 0.15) is 38.2 Å². The van der Waals surface area contributed by atoms with Gasteiger partial charge in [-0.05, 0) is 54.7 Å². The van der Waals surface area contributed by atoms with E-state index in [2.05, 4.69) is 45.2 Å². The summed E-state index contributed by atoms with van der Waals surface area (Å²) in [5, 5.41) is 3.58. The van der Waals surface area contributed by atoms with Crippen molar-refractivity contribution in [3.63, 3.8) is 0 Å². The number of carbonyl (C=O) groups excluding carboxylic acids is 1. The first-order valence-electron chi connectivity index (χ1n) is 9.90. The molecule has 146 valence electrons. The highest BCUT2D eigenvalue weighted by Crippen LogP contribution is 2.42. The minimum absolute atomic E-state index is 0.0705. The molecule has 1 heterocycles. The monoisotopic (exact) mass is 456 g/mol. The lowest BCUT2D eigenvalue weighted by Gasteiger charge is -2.39. The van der Waals surface area contributed by atoms with Crippen LogP contribution in [-0.2, 0) is 4.79 Å². The van der Waals surface area contributed by atoms with Gasteiger partial charge in [0.2, 0.25) is 0 Å². The number of benzene rings is 2. The fraction of sp³-hybridized carbons (Fsp3) is 0.348. The number of para-hydroxylation sites is 1. The van der Waals surface area contributed by atoms with E-state index >= 15 is 0 Å². The van der Waals surface area contributed by atoms with E-state index in [0.29, 0.717) is 12.0 Å². The second kappa shape index (κ2) is 8.75. The van der Waals surface area contributed by atoms with Crippen molar-refractivity contribution in [2.75, 3.05) is 5.32 Å². The molecule has 1 saturated carbocycles. The normalized spacial score (nSPS) is 26.6. The molecule has 0 spiro atoms. The SMILES string of the molecule is C[C@H]1CCCC[C@H]1N1C(=O)/C(=C/c2cccc(Br)c2)SC1Nc1ccccc1. The van der Waals surface area contributed by atoms with Gasteiger partial charge in [0, 0.05) is 16.2 Å². The number of nitrogens with one attached hydrogen (secondary N) is 1. The van der Waals surface area contributed by atoms with Crippen molar-refractivity contribution in [2.45, 2.75) is 44.1 Å². The van der Waals surface area contributed by atoms with Gasteiger partial charge in [-0.3, -0.25) is 4.79 Å². The summed E-state index contributed by atoms with van der Waals surface area (Å²) >= 11 is 5.15. The van der Waals surface area contributed by atoms with E-state index in [4.69, 9.17) is 0 Å². The van der Waals surface area contributed by atoms with Crippen LogP contribution >= 0.6 is 27.7 Å². The second-order valence-corrected chi connectivity index (χ2v) is 9.62. The van der Waals surface area contributed by atoms with Crippen LogP contribution in [-0.4, -0.2) is 22.3 Å². The van der Waals surface area contributed by atoms with Crippen LogP contribution in [0, 0.1) is 5.92 Å². The minimum atomic E-state index is -0.0705. The van der Waals surface area contributed by atoms with Crippen LogP contribution in [0.25, 0.3) is 6.08 Å². The van der Waals surface area contributed by atoms with Gasteiger partial charge in [0.1, 0.15) is 0 Å². The molecule has 1 amide bonds. The Morgan fingerprint density at radius 3 is 2.64 bits per heavy atom. The lowest BCUT2D eigenvalue weighted by atomic mass is 9.85. The number of hydrogen-bond acceptors (Lipinski definition) is 3. The molecule has 0 aromatic heterocycles. The van der Waals surface area contributed by atoms with Crippen molar-refractivity contribution in [1.82, 2.24) is 4.90 Å². The van der Waals surface area contributed by atoms with Gasteiger partial charge in [-0.15, -0.1) is 0 Å². The van der Waals surface area contributed by atoms with Crippen LogP contribution < -0.4 is 5.32 Å². The van der Waals surface area contributed by atoms with Crippen molar-refractivity contribution in [1.29, 1.82) is 0 Å². The molecule has 4 rings (SSSR count). The molecule has 0 radical (unpaired) electrons. The summed E-state index contributed by atoms with van der Waals surface area (Å²) in [6, 6.07) is 18.6. The first-order valence-corrected chi connectivity index (χ1v) is 11.6. The zero-order valence-electron chi connectivity index (χ0n) is 16.0. The summed E-state index contributed by atoms with van der Waals surface area (Å²) in [6.45, 7) is 2.29. The van der Waals surface area contributed by atoms with Crippen LogP contribution in [0.15, 0.2) is 64.0 Å². The Morgan fingerprint density at radius 2 is 1.89 bits per heavy atom. The molecule has 5 heteroatoms. The average Bonchev–Trinajstić information content (AvgIpc) is 2.98. The van der Waals surface area contributed by atoms with Crippen molar-refractivity contribution in [3.8, 4) is 0 Å². The summed E-state index contributed by atoms with van der Waals surface area (Å²) in [6.07, 6.45) is 6.77. The predicted octanol–water partition coefficient (Wildman–Crippen LogP) is 6.34. The summed E-state index contributed by atoms with van der Waals surface area (Å²) in [5.41, 5.74) is 2.02. The number of rotatable bonds is 4. The van der Waals surface area contributed by atoms with Gasteiger partial charge in [-0.25, -0.2) is 0 Å². The number of amides is 1. The van der Waals surface area contributed by atoms with E-state index in [1.165, 1.54) is 19.3 Å². The molecule has 28 heavy (non-hydrogen) atoms. The van der Waals surface area contributed by atoms with Crippen LogP contribution in [0.5, 0.6) is 0 Å². The average molecular weight is 457 g/mol. The van der Waals surface area contributed by atoms with E-state index in [1.807, 2.05) is 48.5 Å². The first kappa shape index (κ1) is 19.6. The Kier molecular flexibility index (Phi) is 6.12. The minimum Gasteiger partial charge on any atom is -0.356 e. The maximum absolute atomic E-state index is 13.4. The Balaban J connectivity index is 1.64. The van der Waals surface area contributed by atoms with Crippen LogP contribution in [0.4, 0.5) is 5.69 Å². The van der Waals surface area contributed by atoms with Gasteiger partial charge in [0.15, 0.2) is 5.50 Å². The first-order chi connectivity index (χ1) is 13.6. The maximum Gasteiger partial charge on any atom is 0.262 e. The van der Waals surface area contributed by atoms with E-state index in [-0.39, 0.29) is 11.4 Å². The number of anilines is 1. The highest BCUT2D eigenvalue weighted by Gasteiger charge is 2.42. The molecule has 3 nitrogen and oxygen atoms in total. The quantitative estimate of drug-likeness (QED) is 0.544. The van der Waals surface area contributed by atoms with E-state index < -0.39 is 0 Å². The summed E-state index contributed by atoms with van der Waals surface area (Å²) < 4.78 is 1.02. The van der Waals surface area contributed by atoms with Gasteiger partial charge < -0.3 is 10.2 Å². The zero-order chi connectivity index (χ0) is 19.5. The molecule has 2 aliphatic rings. The largest absolute Gasteiger partial charge is 0.356 e.